The first kappa shape index (κ1) is 39.6. The van der Waals surface area contributed by atoms with E-state index in [-0.39, 0.29) is 0 Å². The molecule has 6 aromatic rings. The van der Waals surface area contributed by atoms with Gasteiger partial charge in [0, 0.05) is 45.6 Å². The molecule has 1 aliphatic heterocycles. The molecule has 6 heteroatoms. The normalized spacial score (nSPS) is 13.0. The zero-order valence-electron chi connectivity index (χ0n) is 32.8. The molecule has 0 amide bonds. The average Bonchev–Trinajstić information content (AvgIpc) is 4.04. The lowest BCUT2D eigenvalue weighted by molar-refractivity contribution is 0.457. The fraction of sp³-hybridized carbons (Fsp3) is 0.417. The van der Waals surface area contributed by atoms with Crippen molar-refractivity contribution in [1.29, 1.82) is 0 Å². The summed E-state index contributed by atoms with van der Waals surface area (Å²) in [7, 11) is 0. The summed E-state index contributed by atoms with van der Waals surface area (Å²) in [5.41, 5.74) is 8.39. The lowest BCUT2D eigenvalue weighted by Crippen LogP contribution is -2.27. The smallest absolute Gasteiger partial charge is 0.0553 e. The number of hydrogen-bond acceptors (Lipinski definition) is 6. The fourth-order valence-electron chi connectivity index (χ4n) is 7.60. The monoisotopic (exact) mass is 807 g/mol. The lowest BCUT2D eigenvalue weighted by atomic mass is 9.97. The maximum absolute atomic E-state index is 2.65. The SMILES string of the molecule is CCCCCCc1csc(-c2ccc(-c3ccc4c(c3)Sc3cc(-c5ccc(-c6cc(CCCCCC)cs6)s5)ccc3N4CC(CC)CCCC)s2)c1. The van der Waals surface area contributed by atoms with E-state index in [1.54, 1.807) is 0 Å². The maximum atomic E-state index is 2.65. The molecular formula is C48H57NS5. The highest BCUT2D eigenvalue weighted by molar-refractivity contribution is 7.99. The Morgan fingerprint density at radius 1 is 0.500 bits per heavy atom. The van der Waals surface area contributed by atoms with Crippen LogP contribution >= 0.6 is 57.1 Å². The van der Waals surface area contributed by atoms with Crippen LogP contribution in [0.15, 0.2) is 93.3 Å². The number of rotatable bonds is 20. The molecule has 1 aliphatic rings. The second kappa shape index (κ2) is 19.5. The van der Waals surface area contributed by atoms with Gasteiger partial charge in [-0.05, 0) is 132 Å². The van der Waals surface area contributed by atoms with Crippen molar-refractivity contribution in [3.05, 3.63) is 94.7 Å². The van der Waals surface area contributed by atoms with Gasteiger partial charge in [-0.1, -0.05) is 109 Å². The van der Waals surface area contributed by atoms with Crippen LogP contribution in [-0.4, -0.2) is 6.54 Å². The molecular weight excluding hydrogens is 751 g/mol. The Labute approximate surface area is 345 Å². The first-order valence-electron chi connectivity index (χ1n) is 20.7. The van der Waals surface area contributed by atoms with Crippen molar-refractivity contribution in [1.82, 2.24) is 0 Å². The summed E-state index contributed by atoms with van der Waals surface area (Å²) >= 11 is 9.67. The molecule has 0 radical (unpaired) electrons. The van der Waals surface area contributed by atoms with Gasteiger partial charge in [-0.15, -0.1) is 45.3 Å². The van der Waals surface area contributed by atoms with Crippen LogP contribution in [0, 0.1) is 5.92 Å². The first-order valence-corrected chi connectivity index (χ1v) is 24.9. The van der Waals surface area contributed by atoms with E-state index in [0.717, 1.165) is 6.54 Å². The number of anilines is 2. The summed E-state index contributed by atoms with van der Waals surface area (Å²) in [6, 6.07) is 28.7. The summed E-state index contributed by atoms with van der Waals surface area (Å²) in [6.07, 6.45) is 18.0. The van der Waals surface area contributed by atoms with E-state index in [1.807, 2.05) is 57.1 Å². The molecule has 0 saturated carbocycles. The molecule has 0 saturated heterocycles. The van der Waals surface area contributed by atoms with Crippen molar-refractivity contribution in [2.24, 2.45) is 5.92 Å². The molecule has 0 spiro atoms. The number of hydrogen-bond donors (Lipinski definition) is 0. The third kappa shape index (κ3) is 9.66. The van der Waals surface area contributed by atoms with E-state index >= 15 is 0 Å². The van der Waals surface area contributed by atoms with Crippen molar-refractivity contribution in [3.63, 3.8) is 0 Å². The van der Waals surface area contributed by atoms with Crippen molar-refractivity contribution >= 4 is 68.5 Å². The molecule has 1 nitrogen and oxygen atoms in total. The Balaban J connectivity index is 1.13. The molecule has 54 heavy (non-hydrogen) atoms. The van der Waals surface area contributed by atoms with Gasteiger partial charge in [-0.3, -0.25) is 0 Å². The van der Waals surface area contributed by atoms with Crippen molar-refractivity contribution in [3.8, 4) is 40.4 Å². The van der Waals surface area contributed by atoms with E-state index in [1.165, 1.54) is 163 Å². The van der Waals surface area contributed by atoms with Crippen molar-refractivity contribution in [2.75, 3.05) is 11.4 Å². The minimum absolute atomic E-state index is 0.678. The van der Waals surface area contributed by atoms with Crippen LogP contribution in [0.25, 0.3) is 40.4 Å². The summed E-state index contributed by atoms with van der Waals surface area (Å²) in [6.45, 7) is 10.3. The highest BCUT2D eigenvalue weighted by Gasteiger charge is 2.27. The third-order valence-electron chi connectivity index (χ3n) is 10.9. The zero-order valence-corrected chi connectivity index (χ0v) is 36.8. The highest BCUT2D eigenvalue weighted by Crippen LogP contribution is 2.52. The quantitative estimate of drug-likeness (QED) is 0.0707. The Morgan fingerprint density at radius 3 is 1.48 bits per heavy atom. The fourth-order valence-corrected chi connectivity index (χ4v) is 12.9. The van der Waals surface area contributed by atoms with Crippen molar-refractivity contribution < 1.29 is 0 Å². The molecule has 0 N–H and O–H groups in total. The Kier molecular flexibility index (Phi) is 14.3. The number of nitrogens with zero attached hydrogens (tertiary/aromatic N) is 1. The maximum Gasteiger partial charge on any atom is 0.0553 e. The molecule has 284 valence electrons. The van der Waals surface area contributed by atoms with E-state index < -0.39 is 0 Å². The number of aryl methyl sites for hydroxylation is 2. The van der Waals surface area contributed by atoms with Crippen LogP contribution in [0.3, 0.4) is 0 Å². The van der Waals surface area contributed by atoms with Gasteiger partial charge >= 0.3 is 0 Å². The van der Waals surface area contributed by atoms with Gasteiger partial charge in [-0.2, -0.15) is 0 Å². The van der Waals surface area contributed by atoms with Gasteiger partial charge in [0.05, 0.1) is 11.4 Å². The van der Waals surface area contributed by atoms with Gasteiger partial charge in [0.15, 0.2) is 0 Å². The van der Waals surface area contributed by atoms with Crippen LogP contribution in [0.1, 0.15) is 116 Å². The number of fused-ring (bicyclic) bond motifs is 2. The minimum Gasteiger partial charge on any atom is -0.339 e. The van der Waals surface area contributed by atoms with Crippen LogP contribution in [0.5, 0.6) is 0 Å². The summed E-state index contributed by atoms with van der Waals surface area (Å²) in [4.78, 5) is 13.7. The Bertz CT molecular complexity index is 1940. The van der Waals surface area contributed by atoms with E-state index in [4.69, 9.17) is 0 Å². The molecule has 0 fully saturated rings. The first-order chi connectivity index (χ1) is 26.6. The van der Waals surface area contributed by atoms with Gasteiger partial charge < -0.3 is 4.90 Å². The molecule has 0 bridgehead atoms. The largest absolute Gasteiger partial charge is 0.339 e. The third-order valence-corrected chi connectivity index (χ3v) is 16.6. The molecule has 1 atom stereocenters. The molecule has 2 aromatic carbocycles. The van der Waals surface area contributed by atoms with E-state index in [2.05, 4.69) is 116 Å². The molecule has 7 rings (SSSR count). The molecule has 5 heterocycles. The van der Waals surface area contributed by atoms with Crippen LogP contribution < -0.4 is 4.90 Å². The summed E-state index contributed by atoms with van der Waals surface area (Å²) < 4.78 is 0. The summed E-state index contributed by atoms with van der Waals surface area (Å²) in [5, 5.41) is 4.76. The predicted molar refractivity (Wildman–Crippen MR) is 246 cm³/mol. The standard InChI is InChI=1S/C48H57NS5/c1-5-9-12-14-17-35-27-47(50-32-35)43-25-23-41(52-43)37-19-21-39-45(29-37)54-46-30-38(20-22-40(46)49(39)31-34(8-4)16-11-7-3)42-24-26-44(53-42)48-28-36(33-51-48)18-15-13-10-6-2/h19-30,32-34H,5-18,31H2,1-4H3. The van der Waals surface area contributed by atoms with Gasteiger partial charge in [0.25, 0.3) is 0 Å². The second-order valence-corrected chi connectivity index (χ2v) is 20.2. The lowest BCUT2D eigenvalue weighted by Gasteiger charge is -2.35. The Morgan fingerprint density at radius 2 is 1.00 bits per heavy atom. The van der Waals surface area contributed by atoms with E-state index in [9.17, 15) is 0 Å². The van der Waals surface area contributed by atoms with E-state index in [0.29, 0.717) is 5.92 Å². The number of unbranched alkanes of at least 4 members (excludes halogenated alkanes) is 7. The molecule has 1 unspecified atom stereocenters. The van der Waals surface area contributed by atoms with Crippen LogP contribution in [0.2, 0.25) is 0 Å². The topological polar surface area (TPSA) is 3.24 Å². The van der Waals surface area contributed by atoms with Gasteiger partial charge in [-0.25, -0.2) is 0 Å². The second-order valence-electron chi connectivity index (χ2n) is 15.1. The van der Waals surface area contributed by atoms with Gasteiger partial charge in [0.1, 0.15) is 0 Å². The average molecular weight is 808 g/mol. The Hall–Kier alpha value is -2.61. The number of benzene rings is 2. The number of thiophene rings is 4. The predicted octanol–water partition coefficient (Wildman–Crippen LogP) is 17.7. The molecule has 4 aromatic heterocycles. The van der Waals surface area contributed by atoms with Gasteiger partial charge in [0.2, 0.25) is 0 Å². The zero-order chi connectivity index (χ0) is 37.3. The van der Waals surface area contributed by atoms with Crippen LogP contribution in [0.4, 0.5) is 11.4 Å². The summed E-state index contributed by atoms with van der Waals surface area (Å²) in [5.74, 6) is 0.678. The highest BCUT2D eigenvalue weighted by atomic mass is 32.2. The minimum atomic E-state index is 0.678. The molecule has 0 aliphatic carbocycles. The van der Waals surface area contributed by atoms with Crippen molar-refractivity contribution in [2.45, 2.75) is 127 Å². The van der Waals surface area contributed by atoms with Crippen LogP contribution in [-0.2, 0) is 12.8 Å².